The van der Waals surface area contributed by atoms with Gasteiger partial charge in [0.15, 0.2) is 5.82 Å². The zero-order valence-corrected chi connectivity index (χ0v) is 42.4. The first-order chi connectivity index (χ1) is 23.8. The van der Waals surface area contributed by atoms with Crippen LogP contribution >= 0.6 is 0 Å². The third kappa shape index (κ3) is 13.5. The molecule has 0 radical (unpaired) electrons. The Morgan fingerprint density at radius 3 is 2.06 bits per heavy atom. The summed E-state index contributed by atoms with van der Waals surface area (Å²) < 4.78 is 51.7. The van der Waals surface area contributed by atoms with Crippen LogP contribution in [0.25, 0.3) is 33.4 Å². The van der Waals surface area contributed by atoms with Gasteiger partial charge in [-0.3, -0.25) is 4.79 Å². The number of hydrogen-bond acceptors (Lipinski definition) is 14. The van der Waals surface area contributed by atoms with Gasteiger partial charge in [-0.2, -0.15) is 0 Å². The number of carboxylic acid groups (broad SMARTS) is 3. The Labute approximate surface area is 476 Å². The van der Waals surface area contributed by atoms with Gasteiger partial charge in [0.25, 0.3) is 0 Å². The van der Waals surface area contributed by atoms with E-state index in [1.54, 1.807) is 0 Å². The van der Waals surface area contributed by atoms with Gasteiger partial charge in [-0.25, -0.2) is 8.78 Å². The maximum absolute atomic E-state index is 14.5. The summed E-state index contributed by atoms with van der Waals surface area (Å²) in [6.45, 7) is -2.71. The summed E-state index contributed by atoms with van der Waals surface area (Å²) in [5, 5.41) is 48.6. The zero-order valence-electron chi connectivity index (χ0n) is 29.9. The second-order valence-electron chi connectivity index (χ2n) is 10.6. The quantitative estimate of drug-likeness (QED) is 0.0589. The molecule has 0 saturated heterocycles. The molecule has 1 aliphatic carbocycles. The third-order valence-electron chi connectivity index (χ3n) is 7.27. The number of fused-ring (bicyclic) bond motifs is 2. The molecule has 3 aromatic rings. The van der Waals surface area contributed by atoms with E-state index in [0.717, 1.165) is 29.2 Å². The Kier molecular flexibility index (Phi) is 23.2. The van der Waals surface area contributed by atoms with Crippen molar-refractivity contribution >= 4 is 40.3 Å². The molecule has 0 amide bonds. The molecule has 0 saturated carbocycles. The summed E-state index contributed by atoms with van der Waals surface area (Å²) in [6.07, 6.45) is 0. The van der Waals surface area contributed by atoms with Crippen LogP contribution < -0.4 is 256 Å². The number of rotatable bonds is 15. The number of ether oxygens (including phenoxy) is 3. The minimum atomic E-state index is -1.56. The van der Waals surface area contributed by atoms with Crippen molar-refractivity contribution in [3.05, 3.63) is 82.5 Å². The van der Waals surface area contributed by atoms with Gasteiger partial charge < -0.3 is 63.7 Å². The van der Waals surface area contributed by atoms with Crippen molar-refractivity contribution in [1.29, 1.82) is 0 Å². The van der Waals surface area contributed by atoms with Gasteiger partial charge in [0.1, 0.15) is 47.6 Å². The van der Waals surface area contributed by atoms with Crippen molar-refractivity contribution in [2.75, 3.05) is 50.2 Å². The van der Waals surface area contributed by atoms with E-state index in [9.17, 15) is 48.4 Å². The molecular formula is C34H24F2K4N2O12. The topological polar surface area (TPSA) is 217 Å². The minimum absolute atomic E-state index is 0. The number of nitrogens with one attached hydrogen (secondary N) is 1. The first-order valence-corrected chi connectivity index (χ1v) is 14.6. The van der Waals surface area contributed by atoms with Gasteiger partial charge in [0, 0.05) is 28.6 Å². The van der Waals surface area contributed by atoms with Crippen molar-refractivity contribution in [2.45, 2.75) is 0 Å². The molecule has 0 aromatic heterocycles. The molecule has 0 bridgehead atoms. The van der Waals surface area contributed by atoms with Gasteiger partial charge >= 0.3 is 206 Å². The van der Waals surface area contributed by atoms with E-state index in [4.69, 9.17) is 18.6 Å². The van der Waals surface area contributed by atoms with E-state index in [1.165, 1.54) is 43.5 Å². The third-order valence-corrected chi connectivity index (χ3v) is 7.27. The number of methoxy groups -OCH3 is 1. The Bertz CT molecular complexity index is 2140. The Balaban J connectivity index is 0.00000364. The van der Waals surface area contributed by atoms with E-state index < -0.39 is 60.4 Å². The molecular weight excluding hydrogens is 823 g/mol. The van der Waals surface area contributed by atoms with Crippen LogP contribution in [0.5, 0.6) is 23.0 Å². The summed E-state index contributed by atoms with van der Waals surface area (Å²) in [4.78, 5) is 46.9. The maximum Gasteiger partial charge on any atom is 1.00 e. The molecule has 14 nitrogen and oxygen atoms in total. The zero-order chi connectivity index (χ0) is 36.1. The molecule has 1 aliphatic heterocycles. The van der Waals surface area contributed by atoms with E-state index in [-0.39, 0.29) is 275 Å². The average molecular weight is 847 g/mol. The van der Waals surface area contributed by atoms with Gasteiger partial charge in [0.05, 0.1) is 56.0 Å². The molecule has 0 atom stereocenters. The number of aliphatic carboxylic acids is 3. The molecule has 1 heterocycles. The minimum Gasteiger partial charge on any atom is -0.870 e. The number of halogens is 2. The smallest absolute Gasteiger partial charge is 0.870 e. The van der Waals surface area contributed by atoms with Crippen LogP contribution in [-0.2, 0) is 14.4 Å². The Morgan fingerprint density at radius 1 is 0.796 bits per heavy atom. The predicted octanol–water partition coefficient (Wildman–Crippen LogP) is -12.1. The van der Waals surface area contributed by atoms with Crippen molar-refractivity contribution in [2.24, 2.45) is 0 Å². The SMILES string of the molecule is COc1ccc(N(CC(=O)[O-])CC(=O)[O-])c(OCCOc2cc(-c3c4cc(F)c(=O)cc-4oc4cc([O-])c(F)cc34)ccc2NCC(=O)[O-])c1.[K+].[K+].[K+].[K+]. The van der Waals surface area contributed by atoms with Crippen molar-refractivity contribution in [1.82, 2.24) is 0 Å². The fourth-order valence-electron chi connectivity index (χ4n) is 5.15. The van der Waals surface area contributed by atoms with Crippen LogP contribution in [0.4, 0.5) is 20.2 Å². The van der Waals surface area contributed by atoms with Crippen LogP contribution in [0.3, 0.4) is 0 Å². The summed E-state index contributed by atoms with van der Waals surface area (Å²) in [5.74, 6) is -7.55. The van der Waals surface area contributed by atoms with Crippen molar-refractivity contribution < 1.29 is 268 Å². The van der Waals surface area contributed by atoms with E-state index in [1.807, 2.05) is 0 Å². The number of nitrogens with zero attached hydrogens (tertiary/aromatic N) is 1. The van der Waals surface area contributed by atoms with Gasteiger partial charge in [-0.05, 0) is 48.0 Å². The first-order valence-electron chi connectivity index (χ1n) is 14.6. The van der Waals surface area contributed by atoms with Crippen LogP contribution in [0.1, 0.15) is 0 Å². The predicted molar refractivity (Wildman–Crippen MR) is 164 cm³/mol. The number of carboxylic acids is 3. The molecule has 54 heavy (non-hydrogen) atoms. The average Bonchev–Trinajstić information content (AvgIpc) is 3.05. The Hall–Kier alpha value is -0.0345. The normalized spacial score (nSPS) is 10.1. The maximum atomic E-state index is 14.5. The van der Waals surface area contributed by atoms with Gasteiger partial charge in [0.2, 0.25) is 5.43 Å². The van der Waals surface area contributed by atoms with Crippen LogP contribution in [0, 0.1) is 11.6 Å². The number of hydrogen-bond donors (Lipinski definition) is 1. The second-order valence-corrected chi connectivity index (χ2v) is 10.6. The van der Waals surface area contributed by atoms with Crippen LogP contribution in [-0.4, -0.2) is 57.9 Å². The largest absolute Gasteiger partial charge is 1.00 e. The molecule has 0 unspecified atom stereocenters. The molecule has 5 rings (SSSR count). The fourth-order valence-corrected chi connectivity index (χ4v) is 5.15. The first kappa shape index (κ1) is 52.0. The summed E-state index contributed by atoms with van der Waals surface area (Å²) in [6, 6.07) is 12.1. The molecule has 2 aliphatic rings. The van der Waals surface area contributed by atoms with E-state index in [0.29, 0.717) is 5.75 Å². The number of carbonyl (C=O) groups is 3. The molecule has 0 spiro atoms. The van der Waals surface area contributed by atoms with E-state index >= 15 is 0 Å². The Morgan fingerprint density at radius 2 is 1.44 bits per heavy atom. The standard InChI is InChI=1S/C34H28F2N2O12.4K/c1-47-18-3-5-24(38(15-32(43)44)16-33(45)46)30(9-18)49-7-6-48-29-8-17(2-4-23(29)37-14-31(41)42)34-19-10-21(35)25(39)12-27(19)50-28-13-26(40)22(36)11-20(28)34;;;;/h2-5,8-13,37,39H,6-7,14-16H2,1H3,(H,41,42)(H,43,44)(H,45,46);;;;/q;4*+1/p-4. The number of carbonyl (C=O) groups excluding carboxylic acids is 3. The second kappa shape index (κ2) is 24.1. The monoisotopic (exact) mass is 846 g/mol. The van der Waals surface area contributed by atoms with Crippen LogP contribution in [0.15, 0.2) is 69.9 Å². The summed E-state index contributed by atoms with van der Waals surface area (Å²) in [5.41, 5.74) is -0.382. The van der Waals surface area contributed by atoms with Gasteiger partial charge in [-0.15, -0.1) is 0 Å². The number of benzene rings is 4. The summed E-state index contributed by atoms with van der Waals surface area (Å²) in [7, 11) is 1.37. The van der Waals surface area contributed by atoms with Crippen LogP contribution in [0.2, 0.25) is 0 Å². The van der Waals surface area contributed by atoms with Gasteiger partial charge in [-0.1, -0.05) is 11.8 Å². The fraction of sp³-hybridized carbons (Fsp3) is 0.176. The molecule has 260 valence electrons. The van der Waals surface area contributed by atoms with Crippen molar-refractivity contribution in [3.8, 4) is 45.4 Å². The molecule has 20 heteroatoms. The molecule has 0 fully saturated rings. The molecule has 1 N–H and O–H groups in total. The number of anilines is 2. The summed E-state index contributed by atoms with van der Waals surface area (Å²) >= 11 is 0. The van der Waals surface area contributed by atoms with E-state index in [2.05, 4.69) is 5.32 Å². The molecule has 3 aromatic carbocycles. The van der Waals surface area contributed by atoms with Crippen molar-refractivity contribution in [3.63, 3.8) is 0 Å².